The minimum absolute atomic E-state index is 0.170. The second-order valence-corrected chi connectivity index (χ2v) is 4.17. The third kappa shape index (κ3) is 5.48. The predicted molar refractivity (Wildman–Crippen MR) is 66.6 cm³/mol. The molecule has 94 valence electrons. The molecule has 0 bridgehead atoms. The molecule has 0 atom stereocenters. The van der Waals surface area contributed by atoms with Gasteiger partial charge in [0.05, 0.1) is 7.11 Å². The van der Waals surface area contributed by atoms with Crippen molar-refractivity contribution in [1.29, 1.82) is 0 Å². The van der Waals surface area contributed by atoms with Gasteiger partial charge in [-0.2, -0.15) is 0 Å². The maximum atomic E-state index is 11.3. The summed E-state index contributed by atoms with van der Waals surface area (Å²) in [5, 5.41) is 0. The second kappa shape index (κ2) is 7.82. The van der Waals surface area contributed by atoms with Gasteiger partial charge in [0.25, 0.3) is 0 Å². The van der Waals surface area contributed by atoms with Crippen LogP contribution in [-0.2, 0) is 14.3 Å². The summed E-state index contributed by atoms with van der Waals surface area (Å²) >= 11 is 0. The van der Waals surface area contributed by atoms with Gasteiger partial charge in [-0.3, -0.25) is 9.59 Å². The van der Waals surface area contributed by atoms with E-state index < -0.39 is 0 Å². The molecule has 0 aromatic rings. The van der Waals surface area contributed by atoms with E-state index in [1.165, 1.54) is 7.11 Å². The zero-order valence-corrected chi connectivity index (χ0v) is 10.4. The quantitative estimate of drug-likeness (QED) is 0.388. The van der Waals surface area contributed by atoms with Crippen molar-refractivity contribution in [3.8, 4) is 0 Å². The molecule has 0 saturated carbocycles. The Kier molecular flexibility index (Phi) is 6.30. The summed E-state index contributed by atoms with van der Waals surface area (Å²) in [6.07, 6.45) is 11.8. The number of allylic oxidation sites excluding steroid dienone is 4. The maximum absolute atomic E-state index is 11.3. The topological polar surface area (TPSA) is 43.4 Å². The molecule has 0 unspecified atom stereocenters. The first kappa shape index (κ1) is 13.7. The van der Waals surface area contributed by atoms with E-state index in [0.29, 0.717) is 18.6 Å². The molecule has 0 aliphatic heterocycles. The monoisotopic (exact) mass is 236 g/mol. The summed E-state index contributed by atoms with van der Waals surface area (Å²) in [5.74, 6) is 0.149. The zero-order chi connectivity index (χ0) is 12.5. The number of Topliss-reactive ketones (excluding diaryl/α,β-unsaturated/α-hetero) is 1. The smallest absolute Gasteiger partial charge is 0.305 e. The van der Waals surface area contributed by atoms with Crippen LogP contribution in [0.2, 0.25) is 0 Å². The van der Waals surface area contributed by atoms with Gasteiger partial charge in [-0.25, -0.2) is 0 Å². The predicted octanol–water partition coefficient (Wildman–Crippen LogP) is 2.96. The molecule has 1 aliphatic rings. The Bertz CT molecular complexity index is 326. The van der Waals surface area contributed by atoms with Crippen LogP contribution in [0, 0.1) is 0 Å². The lowest BCUT2D eigenvalue weighted by atomic mass is 10.1. The third-order valence-corrected chi connectivity index (χ3v) is 2.85. The fourth-order valence-electron chi connectivity index (χ4n) is 1.84. The van der Waals surface area contributed by atoms with Crippen LogP contribution in [0.25, 0.3) is 0 Å². The van der Waals surface area contributed by atoms with Crippen LogP contribution in [-0.4, -0.2) is 18.9 Å². The van der Waals surface area contributed by atoms with Gasteiger partial charge in [0, 0.05) is 12.8 Å². The van der Waals surface area contributed by atoms with E-state index in [4.69, 9.17) is 0 Å². The summed E-state index contributed by atoms with van der Waals surface area (Å²) in [6, 6.07) is 0. The molecule has 0 aromatic heterocycles. The van der Waals surface area contributed by atoms with Gasteiger partial charge < -0.3 is 4.74 Å². The molecule has 0 heterocycles. The summed E-state index contributed by atoms with van der Waals surface area (Å²) in [6.45, 7) is 0. The number of rotatable bonds is 7. The van der Waals surface area contributed by atoms with Gasteiger partial charge in [-0.1, -0.05) is 18.2 Å². The van der Waals surface area contributed by atoms with Crippen molar-refractivity contribution < 1.29 is 14.3 Å². The maximum Gasteiger partial charge on any atom is 0.305 e. The molecule has 0 N–H and O–H groups in total. The first-order chi connectivity index (χ1) is 8.24. The van der Waals surface area contributed by atoms with Gasteiger partial charge in [-0.05, 0) is 37.7 Å². The highest BCUT2D eigenvalue weighted by Gasteiger charge is 2.13. The van der Waals surface area contributed by atoms with E-state index in [9.17, 15) is 9.59 Å². The fourth-order valence-corrected chi connectivity index (χ4v) is 1.84. The molecule has 0 aromatic carbocycles. The number of hydrogen-bond donors (Lipinski definition) is 0. The number of ketones is 1. The van der Waals surface area contributed by atoms with E-state index >= 15 is 0 Å². The molecule has 1 rings (SSSR count). The molecule has 0 spiro atoms. The van der Waals surface area contributed by atoms with Crippen LogP contribution >= 0.6 is 0 Å². The molecular formula is C14H20O3. The van der Waals surface area contributed by atoms with Crippen LogP contribution in [0.15, 0.2) is 23.8 Å². The lowest BCUT2D eigenvalue weighted by Gasteiger charge is -1.98. The average molecular weight is 236 g/mol. The Morgan fingerprint density at radius 3 is 2.82 bits per heavy atom. The lowest BCUT2D eigenvalue weighted by molar-refractivity contribution is -0.140. The molecular weight excluding hydrogens is 216 g/mol. The summed E-state index contributed by atoms with van der Waals surface area (Å²) in [7, 11) is 1.40. The molecule has 0 radical (unpaired) electrons. The van der Waals surface area contributed by atoms with Crippen LogP contribution < -0.4 is 0 Å². The Hall–Kier alpha value is -1.38. The van der Waals surface area contributed by atoms with Crippen molar-refractivity contribution in [1.82, 2.24) is 0 Å². The van der Waals surface area contributed by atoms with Crippen LogP contribution in [0.4, 0.5) is 0 Å². The molecule has 0 saturated heterocycles. The van der Waals surface area contributed by atoms with Crippen molar-refractivity contribution in [3.63, 3.8) is 0 Å². The van der Waals surface area contributed by atoms with E-state index in [2.05, 4.69) is 16.9 Å². The summed E-state index contributed by atoms with van der Waals surface area (Å²) in [4.78, 5) is 22.1. The van der Waals surface area contributed by atoms with E-state index in [1.807, 2.05) is 6.08 Å². The standard InChI is InChI=1S/C14H20O3/c1-17-14(16)11-6-4-2-3-5-8-12-9-7-10-13(12)15/h2,4,9H,3,5-8,10-11H2,1H3/b4-2-. The first-order valence-electron chi connectivity index (χ1n) is 6.18. The molecule has 0 amide bonds. The largest absolute Gasteiger partial charge is 0.469 e. The number of carbonyl (C=O) groups is 2. The number of ether oxygens (including phenoxy) is 1. The number of esters is 1. The first-order valence-corrected chi connectivity index (χ1v) is 6.18. The van der Waals surface area contributed by atoms with E-state index in [-0.39, 0.29) is 5.97 Å². The highest BCUT2D eigenvalue weighted by molar-refractivity contribution is 5.97. The fraction of sp³-hybridized carbons (Fsp3) is 0.571. The van der Waals surface area contributed by atoms with Gasteiger partial charge in [0.15, 0.2) is 5.78 Å². The Balaban J connectivity index is 2.02. The van der Waals surface area contributed by atoms with Gasteiger partial charge >= 0.3 is 5.97 Å². The highest BCUT2D eigenvalue weighted by atomic mass is 16.5. The van der Waals surface area contributed by atoms with Crippen LogP contribution in [0.5, 0.6) is 0 Å². The average Bonchev–Trinajstić information content (AvgIpc) is 2.73. The molecule has 0 fully saturated rings. The molecule has 1 aliphatic carbocycles. The zero-order valence-electron chi connectivity index (χ0n) is 10.4. The normalized spacial score (nSPS) is 15.4. The minimum Gasteiger partial charge on any atom is -0.469 e. The van der Waals surface area contributed by atoms with Crippen molar-refractivity contribution in [2.75, 3.05) is 7.11 Å². The number of unbranched alkanes of at least 4 members (excludes halogenated alkanes) is 1. The minimum atomic E-state index is -0.170. The lowest BCUT2D eigenvalue weighted by Crippen LogP contribution is -1.98. The molecule has 3 nitrogen and oxygen atoms in total. The van der Waals surface area contributed by atoms with Crippen molar-refractivity contribution in [3.05, 3.63) is 23.8 Å². The third-order valence-electron chi connectivity index (χ3n) is 2.85. The van der Waals surface area contributed by atoms with E-state index in [0.717, 1.165) is 37.7 Å². The Morgan fingerprint density at radius 2 is 2.18 bits per heavy atom. The van der Waals surface area contributed by atoms with Crippen molar-refractivity contribution >= 4 is 11.8 Å². The Morgan fingerprint density at radius 1 is 1.41 bits per heavy atom. The summed E-state index contributed by atoms with van der Waals surface area (Å²) in [5.41, 5.74) is 1.01. The van der Waals surface area contributed by atoms with Crippen molar-refractivity contribution in [2.45, 2.75) is 44.9 Å². The van der Waals surface area contributed by atoms with Crippen LogP contribution in [0.3, 0.4) is 0 Å². The molecule has 3 heteroatoms. The summed E-state index contributed by atoms with van der Waals surface area (Å²) < 4.78 is 4.54. The SMILES string of the molecule is COC(=O)CC/C=C\CCCC1=CCCC1=O. The Labute approximate surface area is 103 Å². The number of methoxy groups -OCH3 is 1. The highest BCUT2D eigenvalue weighted by Crippen LogP contribution is 2.19. The van der Waals surface area contributed by atoms with Gasteiger partial charge in [0.1, 0.15) is 0 Å². The van der Waals surface area contributed by atoms with Crippen LogP contribution in [0.1, 0.15) is 44.9 Å². The van der Waals surface area contributed by atoms with Gasteiger partial charge in [-0.15, -0.1) is 0 Å². The second-order valence-electron chi connectivity index (χ2n) is 4.17. The van der Waals surface area contributed by atoms with E-state index in [1.54, 1.807) is 0 Å². The number of hydrogen-bond acceptors (Lipinski definition) is 3. The van der Waals surface area contributed by atoms with Crippen molar-refractivity contribution in [2.24, 2.45) is 0 Å². The van der Waals surface area contributed by atoms with Gasteiger partial charge in [0.2, 0.25) is 0 Å². The number of carbonyl (C=O) groups excluding carboxylic acids is 2. The molecule has 17 heavy (non-hydrogen) atoms.